The van der Waals surface area contributed by atoms with Crippen molar-refractivity contribution in [3.8, 4) is 11.4 Å². The second-order valence-corrected chi connectivity index (χ2v) is 10.9. The van der Waals surface area contributed by atoms with Gasteiger partial charge in [-0.2, -0.15) is 9.78 Å². The Morgan fingerprint density at radius 1 is 1.07 bits per heavy atom. The highest BCUT2D eigenvalue weighted by Crippen LogP contribution is 2.33. The fourth-order valence-electron chi connectivity index (χ4n) is 4.78. The van der Waals surface area contributed by atoms with Gasteiger partial charge in [0.1, 0.15) is 10.8 Å². The van der Waals surface area contributed by atoms with E-state index in [-0.39, 0.29) is 47.5 Å². The summed E-state index contributed by atoms with van der Waals surface area (Å²) in [5.41, 5.74) is 1.74. The van der Waals surface area contributed by atoms with E-state index in [0.717, 1.165) is 21.6 Å². The van der Waals surface area contributed by atoms with Gasteiger partial charge in [0.15, 0.2) is 5.69 Å². The molecule has 2 aromatic carbocycles. The second-order valence-electron chi connectivity index (χ2n) is 9.98. The normalized spacial score (nSPS) is 15.0. The molecule has 0 spiro atoms. The zero-order valence-electron chi connectivity index (χ0n) is 23.2. The quantitative estimate of drug-likeness (QED) is 0.302. The number of rotatable bonds is 8. The Kier molecular flexibility index (Phi) is 7.89. The third kappa shape index (κ3) is 5.45. The fraction of sp³-hybridized carbons (Fsp3) is 0.300. The average Bonchev–Trinajstić information content (AvgIpc) is 3.57. The van der Waals surface area contributed by atoms with E-state index in [1.54, 1.807) is 60.7 Å². The summed E-state index contributed by atoms with van der Waals surface area (Å²) in [4.78, 5) is 54.3. The van der Waals surface area contributed by atoms with Crippen molar-refractivity contribution < 1.29 is 23.9 Å². The van der Waals surface area contributed by atoms with Gasteiger partial charge in [0.25, 0.3) is 5.56 Å². The lowest BCUT2D eigenvalue weighted by Crippen LogP contribution is -2.29. The molecule has 1 aliphatic rings. The Bertz CT molecular complexity index is 1670. The van der Waals surface area contributed by atoms with E-state index in [4.69, 9.17) is 9.47 Å². The SMILES string of the molecule is CCOC(=O)c1nn(-c2ccc(C(C)C)cc2)c(=O)c2c(NC(=O)C3CC(=O)N(c4ccc(OC)cc4)C3)scc12. The standard InChI is InChI=1S/C30H30N4O6S/c1-5-40-30(38)26-23-16-41-28(25(23)29(37)34(32-26)21-8-6-18(7-9-21)17(2)3)31-27(36)19-14-24(35)33(15-19)20-10-12-22(39-4)13-11-20/h6-13,16-17,19H,5,14-15H2,1-4H3,(H,31,36). The van der Waals surface area contributed by atoms with Crippen LogP contribution in [0, 0.1) is 5.92 Å². The number of benzene rings is 2. The second kappa shape index (κ2) is 11.5. The summed E-state index contributed by atoms with van der Waals surface area (Å²) < 4.78 is 11.6. The lowest BCUT2D eigenvalue weighted by atomic mass is 10.0. The highest BCUT2D eigenvalue weighted by Gasteiger charge is 2.36. The number of esters is 1. The first-order valence-corrected chi connectivity index (χ1v) is 14.2. The van der Waals surface area contributed by atoms with Gasteiger partial charge in [-0.05, 0) is 54.8 Å². The molecule has 1 atom stereocenters. The maximum atomic E-state index is 13.7. The molecule has 2 amide bonds. The molecular formula is C30H30N4O6S. The molecule has 0 aliphatic carbocycles. The number of thiophene rings is 1. The number of aromatic nitrogens is 2. The molecule has 1 saturated heterocycles. The topological polar surface area (TPSA) is 120 Å². The van der Waals surface area contributed by atoms with Crippen LogP contribution < -0.4 is 20.5 Å². The van der Waals surface area contributed by atoms with Gasteiger partial charge < -0.3 is 19.7 Å². The number of anilines is 2. The molecule has 1 unspecified atom stereocenters. The summed E-state index contributed by atoms with van der Waals surface area (Å²) in [5, 5.41) is 9.56. The molecule has 5 rings (SSSR count). The Hall–Kier alpha value is -4.51. The number of nitrogens with zero attached hydrogens (tertiary/aromatic N) is 3. The van der Waals surface area contributed by atoms with Gasteiger partial charge in [-0.1, -0.05) is 26.0 Å². The van der Waals surface area contributed by atoms with E-state index in [1.807, 2.05) is 12.1 Å². The van der Waals surface area contributed by atoms with Crippen LogP contribution in [-0.4, -0.2) is 47.8 Å². The molecule has 0 radical (unpaired) electrons. The van der Waals surface area contributed by atoms with Crippen molar-refractivity contribution in [3.05, 3.63) is 75.5 Å². The van der Waals surface area contributed by atoms with Crippen LogP contribution in [0.5, 0.6) is 5.75 Å². The first-order chi connectivity index (χ1) is 19.7. The molecule has 0 saturated carbocycles. The maximum Gasteiger partial charge on any atom is 0.359 e. The molecule has 4 aromatic rings. The highest BCUT2D eigenvalue weighted by atomic mass is 32.1. The summed E-state index contributed by atoms with van der Waals surface area (Å²) in [6, 6.07) is 14.4. The number of fused-ring (bicyclic) bond motifs is 1. The van der Waals surface area contributed by atoms with Crippen LogP contribution in [0.4, 0.5) is 10.7 Å². The summed E-state index contributed by atoms with van der Waals surface area (Å²) in [6.45, 7) is 6.16. The molecule has 1 aliphatic heterocycles. The molecule has 1 N–H and O–H groups in total. The predicted octanol–water partition coefficient (Wildman–Crippen LogP) is 4.75. The minimum atomic E-state index is -0.669. The zero-order chi connectivity index (χ0) is 29.3. The third-order valence-electron chi connectivity index (χ3n) is 7.04. The summed E-state index contributed by atoms with van der Waals surface area (Å²) in [6.07, 6.45) is 0.0310. The van der Waals surface area contributed by atoms with Crippen LogP contribution in [0.3, 0.4) is 0 Å². The summed E-state index contributed by atoms with van der Waals surface area (Å²) in [5.74, 6) is -0.895. The number of hydrogen-bond acceptors (Lipinski definition) is 8. The van der Waals surface area contributed by atoms with Crippen LogP contribution in [-0.2, 0) is 14.3 Å². The van der Waals surface area contributed by atoms with Gasteiger partial charge in [-0.25, -0.2) is 4.79 Å². The molecule has 41 heavy (non-hydrogen) atoms. The van der Waals surface area contributed by atoms with Crippen molar-refractivity contribution in [1.29, 1.82) is 0 Å². The van der Waals surface area contributed by atoms with E-state index in [0.29, 0.717) is 28.4 Å². The minimum Gasteiger partial charge on any atom is -0.497 e. The number of ether oxygens (including phenoxy) is 2. The van der Waals surface area contributed by atoms with Crippen LogP contribution in [0.25, 0.3) is 16.5 Å². The van der Waals surface area contributed by atoms with E-state index in [2.05, 4.69) is 24.3 Å². The van der Waals surface area contributed by atoms with Crippen LogP contribution >= 0.6 is 11.3 Å². The Morgan fingerprint density at radius 2 is 1.76 bits per heavy atom. The number of amides is 2. The van der Waals surface area contributed by atoms with Gasteiger partial charge in [0, 0.05) is 29.4 Å². The first-order valence-electron chi connectivity index (χ1n) is 13.3. The predicted molar refractivity (Wildman–Crippen MR) is 157 cm³/mol. The van der Waals surface area contributed by atoms with Gasteiger partial charge in [-0.3, -0.25) is 14.4 Å². The van der Waals surface area contributed by atoms with Crippen molar-refractivity contribution in [1.82, 2.24) is 9.78 Å². The fourth-order valence-corrected chi connectivity index (χ4v) is 5.72. The van der Waals surface area contributed by atoms with Gasteiger partial charge in [0.2, 0.25) is 11.8 Å². The monoisotopic (exact) mass is 574 g/mol. The molecule has 0 bridgehead atoms. The van der Waals surface area contributed by atoms with Crippen LogP contribution in [0.15, 0.2) is 58.7 Å². The van der Waals surface area contributed by atoms with E-state index in [9.17, 15) is 19.2 Å². The van der Waals surface area contributed by atoms with E-state index in [1.165, 1.54) is 0 Å². The molecule has 2 aromatic heterocycles. The van der Waals surface area contributed by atoms with Crippen molar-refractivity contribution >= 4 is 50.6 Å². The Labute approximate surface area is 240 Å². The van der Waals surface area contributed by atoms with E-state index < -0.39 is 17.4 Å². The maximum absolute atomic E-state index is 13.7. The summed E-state index contributed by atoms with van der Waals surface area (Å²) >= 11 is 1.12. The highest BCUT2D eigenvalue weighted by molar-refractivity contribution is 7.16. The molecule has 1 fully saturated rings. The average molecular weight is 575 g/mol. The minimum absolute atomic E-state index is 0.0205. The molecule has 3 heterocycles. The Morgan fingerprint density at radius 3 is 2.39 bits per heavy atom. The third-order valence-corrected chi connectivity index (χ3v) is 7.94. The van der Waals surface area contributed by atoms with Gasteiger partial charge in [-0.15, -0.1) is 11.3 Å². The number of carbonyl (C=O) groups is 3. The Balaban J connectivity index is 1.48. The molecule has 212 valence electrons. The zero-order valence-corrected chi connectivity index (χ0v) is 24.0. The van der Waals surface area contributed by atoms with Crippen molar-refractivity contribution in [2.24, 2.45) is 5.92 Å². The lowest BCUT2D eigenvalue weighted by molar-refractivity contribution is -0.122. The smallest absolute Gasteiger partial charge is 0.359 e. The lowest BCUT2D eigenvalue weighted by Gasteiger charge is -2.17. The molecular weight excluding hydrogens is 544 g/mol. The van der Waals surface area contributed by atoms with Gasteiger partial charge >= 0.3 is 5.97 Å². The first kappa shape index (κ1) is 28.0. The van der Waals surface area contributed by atoms with Crippen molar-refractivity contribution in [3.63, 3.8) is 0 Å². The number of hydrogen-bond donors (Lipinski definition) is 1. The van der Waals surface area contributed by atoms with Crippen LogP contribution in [0.1, 0.15) is 49.2 Å². The molecule has 11 heteroatoms. The number of nitrogens with one attached hydrogen (secondary N) is 1. The van der Waals surface area contributed by atoms with Crippen molar-refractivity contribution in [2.75, 3.05) is 30.5 Å². The number of methoxy groups -OCH3 is 1. The van der Waals surface area contributed by atoms with Crippen LogP contribution in [0.2, 0.25) is 0 Å². The van der Waals surface area contributed by atoms with Crippen molar-refractivity contribution in [2.45, 2.75) is 33.1 Å². The number of carbonyl (C=O) groups excluding carboxylic acids is 3. The summed E-state index contributed by atoms with van der Waals surface area (Å²) in [7, 11) is 1.56. The largest absolute Gasteiger partial charge is 0.497 e. The van der Waals surface area contributed by atoms with E-state index >= 15 is 0 Å². The molecule has 10 nitrogen and oxygen atoms in total. The van der Waals surface area contributed by atoms with Gasteiger partial charge in [0.05, 0.1) is 30.7 Å².